The highest BCUT2D eigenvalue weighted by Crippen LogP contribution is 2.19. The molecule has 0 aliphatic heterocycles. The van der Waals surface area contributed by atoms with Gasteiger partial charge in [0.2, 0.25) is 0 Å². The van der Waals surface area contributed by atoms with Crippen LogP contribution in [-0.2, 0) is 0 Å². The molecule has 0 amide bonds. The molecule has 0 atom stereocenters. The molecule has 4 nitrogen and oxygen atoms in total. The molecule has 0 spiro atoms. The zero-order chi connectivity index (χ0) is 9.14. The molecule has 0 unspecified atom stereocenters. The zero-order valence-electron chi connectivity index (χ0n) is 6.65. The van der Waals surface area contributed by atoms with Gasteiger partial charge in [0.05, 0.1) is 16.2 Å². The van der Waals surface area contributed by atoms with Crippen LogP contribution in [-0.4, -0.2) is 9.91 Å². The normalized spacial score (nSPS) is 9.42. The number of nitro groups is 1. The summed E-state index contributed by atoms with van der Waals surface area (Å²) in [6.07, 6.45) is 2.91. The van der Waals surface area contributed by atoms with Gasteiger partial charge >= 0.3 is 0 Å². The number of rotatable bonds is 2. The molecule has 62 valence electrons. The summed E-state index contributed by atoms with van der Waals surface area (Å²) in [4.78, 5) is 13.9. The molecule has 1 rings (SSSR count). The van der Waals surface area contributed by atoms with Gasteiger partial charge in [-0.1, -0.05) is 6.58 Å². The predicted molar refractivity (Wildman–Crippen MR) is 45.7 cm³/mol. The highest BCUT2D eigenvalue weighted by atomic mass is 16.6. The molecule has 0 saturated carbocycles. The van der Waals surface area contributed by atoms with Crippen LogP contribution >= 0.6 is 0 Å². The third-order valence-electron chi connectivity index (χ3n) is 1.60. The summed E-state index contributed by atoms with van der Waals surface area (Å²) >= 11 is 0. The van der Waals surface area contributed by atoms with E-state index in [1.54, 1.807) is 6.92 Å². The summed E-state index contributed by atoms with van der Waals surface area (Å²) in [6, 6.07) is 1.38. The van der Waals surface area contributed by atoms with E-state index in [-0.39, 0.29) is 5.69 Å². The first-order chi connectivity index (χ1) is 5.66. The van der Waals surface area contributed by atoms with Crippen molar-refractivity contribution in [1.29, 1.82) is 0 Å². The van der Waals surface area contributed by atoms with Crippen LogP contribution in [0.4, 0.5) is 5.69 Å². The van der Waals surface area contributed by atoms with Gasteiger partial charge in [0.1, 0.15) is 0 Å². The molecule has 0 bridgehead atoms. The van der Waals surface area contributed by atoms with Crippen molar-refractivity contribution in [2.45, 2.75) is 6.92 Å². The van der Waals surface area contributed by atoms with Crippen molar-refractivity contribution >= 4 is 11.8 Å². The standard InChI is InChI=1S/C8H8N2O2/c1-3-7-6(2)8(10(11)12)4-5-9-7/h3-5H,1H2,2H3. The van der Waals surface area contributed by atoms with Crippen molar-refractivity contribution in [3.05, 3.63) is 40.2 Å². The van der Waals surface area contributed by atoms with E-state index in [2.05, 4.69) is 11.6 Å². The summed E-state index contributed by atoms with van der Waals surface area (Å²) in [5.41, 5.74) is 1.20. The largest absolute Gasteiger partial charge is 0.275 e. The SMILES string of the molecule is C=Cc1nccc([N+](=O)[O-])c1C. The Balaban J connectivity index is 3.32. The fourth-order valence-electron chi connectivity index (χ4n) is 0.945. The van der Waals surface area contributed by atoms with E-state index in [0.29, 0.717) is 11.3 Å². The molecule has 0 aromatic carbocycles. The highest BCUT2D eigenvalue weighted by Gasteiger charge is 2.11. The lowest BCUT2D eigenvalue weighted by atomic mass is 10.2. The maximum Gasteiger partial charge on any atom is 0.275 e. The van der Waals surface area contributed by atoms with E-state index in [9.17, 15) is 10.1 Å². The Labute approximate surface area is 69.7 Å². The molecular weight excluding hydrogens is 156 g/mol. The minimum atomic E-state index is -0.427. The quantitative estimate of drug-likeness (QED) is 0.495. The number of hydrogen-bond acceptors (Lipinski definition) is 3. The molecule has 0 N–H and O–H groups in total. The Bertz CT molecular complexity index is 334. The second-order valence-electron chi connectivity index (χ2n) is 2.30. The van der Waals surface area contributed by atoms with Gasteiger partial charge in [0, 0.05) is 12.3 Å². The van der Waals surface area contributed by atoms with Crippen molar-refractivity contribution in [1.82, 2.24) is 4.98 Å². The summed E-state index contributed by atoms with van der Waals surface area (Å²) < 4.78 is 0. The van der Waals surface area contributed by atoms with Gasteiger partial charge in [0.15, 0.2) is 0 Å². The molecule has 0 aliphatic rings. The monoisotopic (exact) mass is 164 g/mol. The average Bonchev–Trinajstić information content (AvgIpc) is 2.04. The van der Waals surface area contributed by atoms with Crippen molar-refractivity contribution < 1.29 is 4.92 Å². The summed E-state index contributed by atoms with van der Waals surface area (Å²) in [7, 11) is 0. The number of hydrogen-bond donors (Lipinski definition) is 0. The predicted octanol–water partition coefficient (Wildman–Crippen LogP) is 1.94. The van der Waals surface area contributed by atoms with Gasteiger partial charge in [-0.15, -0.1) is 0 Å². The van der Waals surface area contributed by atoms with Gasteiger partial charge in [0.25, 0.3) is 5.69 Å². The molecule has 1 aromatic rings. The molecule has 1 heterocycles. The summed E-state index contributed by atoms with van der Waals surface area (Å²) in [6.45, 7) is 5.16. The van der Waals surface area contributed by atoms with Gasteiger partial charge in [-0.3, -0.25) is 15.1 Å². The summed E-state index contributed by atoms with van der Waals surface area (Å²) in [5, 5.41) is 10.4. The fraction of sp³-hybridized carbons (Fsp3) is 0.125. The minimum Gasteiger partial charge on any atom is -0.258 e. The lowest BCUT2D eigenvalue weighted by Crippen LogP contribution is -1.95. The maximum atomic E-state index is 10.4. The Morgan fingerprint density at radius 3 is 2.92 bits per heavy atom. The Morgan fingerprint density at radius 2 is 2.42 bits per heavy atom. The first kappa shape index (κ1) is 8.39. The molecule has 1 aromatic heterocycles. The van der Waals surface area contributed by atoms with Gasteiger partial charge in [-0.05, 0) is 13.0 Å². The minimum absolute atomic E-state index is 0.0832. The molecular formula is C8H8N2O2. The van der Waals surface area contributed by atoms with Crippen LogP contribution in [0.25, 0.3) is 6.08 Å². The second kappa shape index (κ2) is 3.13. The van der Waals surface area contributed by atoms with Crippen LogP contribution in [0.5, 0.6) is 0 Å². The maximum absolute atomic E-state index is 10.4. The number of nitrogens with zero attached hydrogens (tertiary/aromatic N) is 2. The van der Waals surface area contributed by atoms with Crippen molar-refractivity contribution in [3.63, 3.8) is 0 Å². The fourth-order valence-corrected chi connectivity index (χ4v) is 0.945. The van der Waals surface area contributed by atoms with Gasteiger partial charge in [-0.25, -0.2) is 0 Å². The van der Waals surface area contributed by atoms with E-state index in [4.69, 9.17) is 0 Å². The van der Waals surface area contributed by atoms with Crippen LogP contribution in [0.2, 0.25) is 0 Å². The Morgan fingerprint density at radius 1 is 1.75 bits per heavy atom. The van der Waals surface area contributed by atoms with Crippen LogP contribution in [0, 0.1) is 17.0 Å². The molecule has 0 saturated heterocycles. The molecule has 0 aliphatic carbocycles. The van der Waals surface area contributed by atoms with E-state index in [0.717, 1.165) is 0 Å². The van der Waals surface area contributed by atoms with Crippen LogP contribution < -0.4 is 0 Å². The molecule has 0 fully saturated rings. The van der Waals surface area contributed by atoms with E-state index >= 15 is 0 Å². The molecule has 0 radical (unpaired) electrons. The molecule has 12 heavy (non-hydrogen) atoms. The zero-order valence-corrected chi connectivity index (χ0v) is 6.65. The number of aromatic nitrogens is 1. The van der Waals surface area contributed by atoms with E-state index in [1.165, 1.54) is 18.3 Å². The van der Waals surface area contributed by atoms with Gasteiger partial charge in [-0.2, -0.15) is 0 Å². The van der Waals surface area contributed by atoms with Crippen molar-refractivity contribution in [3.8, 4) is 0 Å². The lowest BCUT2D eigenvalue weighted by Gasteiger charge is -1.98. The van der Waals surface area contributed by atoms with Crippen LogP contribution in [0.15, 0.2) is 18.8 Å². The lowest BCUT2D eigenvalue weighted by molar-refractivity contribution is -0.385. The first-order valence-electron chi connectivity index (χ1n) is 3.39. The van der Waals surface area contributed by atoms with E-state index in [1.807, 2.05) is 0 Å². The third-order valence-corrected chi connectivity index (χ3v) is 1.60. The number of pyridine rings is 1. The Kier molecular flexibility index (Phi) is 2.19. The van der Waals surface area contributed by atoms with Crippen molar-refractivity contribution in [2.24, 2.45) is 0 Å². The second-order valence-corrected chi connectivity index (χ2v) is 2.30. The third kappa shape index (κ3) is 1.32. The topological polar surface area (TPSA) is 56.0 Å². The molecule has 4 heteroatoms. The Hall–Kier alpha value is -1.71. The smallest absolute Gasteiger partial charge is 0.258 e. The highest BCUT2D eigenvalue weighted by molar-refractivity contribution is 5.53. The van der Waals surface area contributed by atoms with Crippen molar-refractivity contribution in [2.75, 3.05) is 0 Å². The average molecular weight is 164 g/mol. The summed E-state index contributed by atoms with van der Waals surface area (Å²) in [5.74, 6) is 0. The first-order valence-corrected chi connectivity index (χ1v) is 3.39. The van der Waals surface area contributed by atoms with Gasteiger partial charge < -0.3 is 0 Å². The van der Waals surface area contributed by atoms with Crippen LogP contribution in [0.1, 0.15) is 11.3 Å². The van der Waals surface area contributed by atoms with E-state index < -0.39 is 4.92 Å². The van der Waals surface area contributed by atoms with Crippen LogP contribution in [0.3, 0.4) is 0 Å².